The standard InChI is InChI=1S/C13H12Cl2N2O2S/c1-20(18,19)13-5-4-11(8-17-13)16-7-9-2-3-10(14)6-12(9)15/h2-6,8,16H,7H2,1H3. The van der Waals surface area contributed by atoms with Gasteiger partial charge < -0.3 is 5.32 Å². The zero-order chi connectivity index (χ0) is 14.8. The maximum absolute atomic E-state index is 11.3. The summed E-state index contributed by atoms with van der Waals surface area (Å²) in [6, 6.07) is 8.38. The Balaban J connectivity index is 2.08. The van der Waals surface area contributed by atoms with E-state index >= 15 is 0 Å². The lowest BCUT2D eigenvalue weighted by molar-refractivity contribution is 0.598. The molecule has 0 fully saturated rings. The van der Waals surface area contributed by atoms with Crippen LogP contribution in [0.5, 0.6) is 0 Å². The van der Waals surface area contributed by atoms with E-state index < -0.39 is 9.84 Å². The maximum Gasteiger partial charge on any atom is 0.192 e. The van der Waals surface area contributed by atoms with Gasteiger partial charge in [-0.2, -0.15) is 0 Å². The van der Waals surface area contributed by atoms with Gasteiger partial charge in [0.05, 0.1) is 11.9 Å². The number of hydrogen-bond donors (Lipinski definition) is 1. The molecule has 0 spiro atoms. The van der Waals surface area contributed by atoms with Crippen LogP contribution in [0.1, 0.15) is 5.56 Å². The molecular formula is C13H12Cl2N2O2S. The van der Waals surface area contributed by atoms with Crippen LogP contribution in [0.25, 0.3) is 0 Å². The lowest BCUT2D eigenvalue weighted by Gasteiger charge is -2.08. The fourth-order valence-corrected chi connectivity index (χ4v) is 2.60. The molecule has 0 bridgehead atoms. The van der Waals surface area contributed by atoms with Crippen LogP contribution in [-0.4, -0.2) is 19.7 Å². The second kappa shape index (κ2) is 5.99. The van der Waals surface area contributed by atoms with Gasteiger partial charge in [-0.15, -0.1) is 0 Å². The number of sulfone groups is 1. The third-order valence-corrected chi connectivity index (χ3v) is 4.20. The number of pyridine rings is 1. The van der Waals surface area contributed by atoms with Gasteiger partial charge in [0, 0.05) is 22.8 Å². The highest BCUT2D eigenvalue weighted by Gasteiger charge is 2.08. The quantitative estimate of drug-likeness (QED) is 0.933. The van der Waals surface area contributed by atoms with Gasteiger partial charge in [0.25, 0.3) is 0 Å². The first-order valence-corrected chi connectivity index (χ1v) is 8.35. The van der Waals surface area contributed by atoms with E-state index in [0.717, 1.165) is 11.8 Å². The lowest BCUT2D eigenvalue weighted by atomic mass is 10.2. The summed E-state index contributed by atoms with van der Waals surface area (Å²) in [5.74, 6) is 0. The van der Waals surface area contributed by atoms with Crippen molar-refractivity contribution < 1.29 is 8.42 Å². The second-order valence-electron chi connectivity index (χ2n) is 4.25. The number of halogens is 2. The van der Waals surface area contributed by atoms with Gasteiger partial charge in [-0.25, -0.2) is 13.4 Å². The predicted molar refractivity (Wildman–Crippen MR) is 81.1 cm³/mol. The SMILES string of the molecule is CS(=O)(=O)c1ccc(NCc2ccc(Cl)cc2Cl)cn1. The average Bonchev–Trinajstić information content (AvgIpc) is 2.37. The zero-order valence-corrected chi connectivity index (χ0v) is 12.9. The largest absolute Gasteiger partial charge is 0.380 e. The highest BCUT2D eigenvalue weighted by Crippen LogP contribution is 2.22. The molecule has 0 aliphatic heterocycles. The molecule has 106 valence electrons. The first-order chi connectivity index (χ1) is 9.36. The molecule has 0 aliphatic carbocycles. The third kappa shape index (κ3) is 3.85. The fraction of sp³-hybridized carbons (Fsp3) is 0.154. The number of aromatic nitrogens is 1. The molecule has 0 saturated carbocycles. The summed E-state index contributed by atoms with van der Waals surface area (Å²) < 4.78 is 22.6. The van der Waals surface area contributed by atoms with Gasteiger partial charge in [0.15, 0.2) is 14.9 Å². The normalized spacial score (nSPS) is 11.3. The summed E-state index contributed by atoms with van der Waals surface area (Å²) in [6.07, 6.45) is 2.59. The Kier molecular flexibility index (Phi) is 4.52. The number of nitrogens with zero attached hydrogens (tertiary/aromatic N) is 1. The predicted octanol–water partition coefficient (Wildman–Crippen LogP) is 3.40. The van der Waals surface area contributed by atoms with Gasteiger partial charge in [-0.1, -0.05) is 29.3 Å². The average molecular weight is 331 g/mol. The van der Waals surface area contributed by atoms with Crippen LogP contribution in [0, 0.1) is 0 Å². The van der Waals surface area contributed by atoms with Gasteiger partial charge >= 0.3 is 0 Å². The monoisotopic (exact) mass is 330 g/mol. The molecule has 2 rings (SSSR count). The van der Waals surface area contributed by atoms with Crippen LogP contribution in [0.2, 0.25) is 10.0 Å². The summed E-state index contributed by atoms with van der Waals surface area (Å²) in [7, 11) is -3.27. The molecule has 2 aromatic rings. The molecule has 1 heterocycles. The molecule has 1 aromatic carbocycles. The molecule has 20 heavy (non-hydrogen) atoms. The molecule has 1 aromatic heterocycles. The molecule has 7 heteroatoms. The van der Waals surface area contributed by atoms with Crippen LogP contribution in [0.3, 0.4) is 0 Å². The Labute approximate surface area is 127 Å². The van der Waals surface area contributed by atoms with Crippen molar-refractivity contribution in [1.29, 1.82) is 0 Å². The van der Waals surface area contributed by atoms with E-state index in [1.54, 1.807) is 18.2 Å². The summed E-state index contributed by atoms with van der Waals surface area (Å²) >= 11 is 11.9. The minimum absolute atomic E-state index is 0.0487. The summed E-state index contributed by atoms with van der Waals surface area (Å²) in [4.78, 5) is 3.89. The fourth-order valence-electron chi connectivity index (χ4n) is 1.57. The first-order valence-electron chi connectivity index (χ1n) is 5.70. The number of anilines is 1. The highest BCUT2D eigenvalue weighted by atomic mass is 35.5. The Morgan fingerprint density at radius 1 is 1.20 bits per heavy atom. The molecular weight excluding hydrogens is 319 g/mol. The van der Waals surface area contributed by atoms with Crippen LogP contribution in [0.4, 0.5) is 5.69 Å². The number of benzene rings is 1. The minimum atomic E-state index is -3.27. The summed E-state index contributed by atoms with van der Waals surface area (Å²) in [5, 5.41) is 4.32. The van der Waals surface area contributed by atoms with E-state index in [1.165, 1.54) is 12.3 Å². The molecule has 0 amide bonds. The van der Waals surface area contributed by atoms with Crippen molar-refractivity contribution in [2.75, 3.05) is 11.6 Å². The molecule has 0 saturated heterocycles. The van der Waals surface area contributed by atoms with Crippen LogP contribution >= 0.6 is 23.2 Å². The Morgan fingerprint density at radius 2 is 1.95 bits per heavy atom. The van der Waals surface area contributed by atoms with Crippen molar-refractivity contribution in [2.45, 2.75) is 11.6 Å². The van der Waals surface area contributed by atoms with Gasteiger partial charge in [0.2, 0.25) is 0 Å². The molecule has 0 unspecified atom stereocenters. The minimum Gasteiger partial charge on any atom is -0.380 e. The van der Waals surface area contributed by atoms with Crippen molar-refractivity contribution >= 4 is 38.7 Å². The Hall–Kier alpha value is -1.30. The Morgan fingerprint density at radius 3 is 2.50 bits per heavy atom. The number of rotatable bonds is 4. The third-order valence-electron chi connectivity index (χ3n) is 2.61. The van der Waals surface area contributed by atoms with E-state index in [-0.39, 0.29) is 5.03 Å². The lowest BCUT2D eigenvalue weighted by Crippen LogP contribution is -2.03. The van der Waals surface area contributed by atoms with E-state index in [4.69, 9.17) is 23.2 Å². The van der Waals surface area contributed by atoms with Crippen molar-refractivity contribution in [3.8, 4) is 0 Å². The number of hydrogen-bond acceptors (Lipinski definition) is 4. The first kappa shape index (κ1) is 15.1. The van der Waals surface area contributed by atoms with Crippen molar-refractivity contribution in [2.24, 2.45) is 0 Å². The van der Waals surface area contributed by atoms with E-state index in [1.807, 2.05) is 6.07 Å². The van der Waals surface area contributed by atoms with Crippen LogP contribution in [-0.2, 0) is 16.4 Å². The summed E-state index contributed by atoms with van der Waals surface area (Å²) in [5.41, 5.74) is 1.60. The topological polar surface area (TPSA) is 59.1 Å². The van der Waals surface area contributed by atoms with E-state index in [0.29, 0.717) is 22.3 Å². The summed E-state index contributed by atoms with van der Waals surface area (Å²) in [6.45, 7) is 0.496. The van der Waals surface area contributed by atoms with Crippen molar-refractivity contribution in [3.05, 3.63) is 52.1 Å². The zero-order valence-electron chi connectivity index (χ0n) is 10.6. The smallest absolute Gasteiger partial charge is 0.192 e. The van der Waals surface area contributed by atoms with Gasteiger partial charge in [0.1, 0.15) is 0 Å². The molecule has 0 atom stereocenters. The number of nitrogens with one attached hydrogen (secondary N) is 1. The molecule has 0 radical (unpaired) electrons. The van der Waals surface area contributed by atoms with Crippen molar-refractivity contribution in [3.63, 3.8) is 0 Å². The van der Waals surface area contributed by atoms with Gasteiger partial charge in [-0.3, -0.25) is 0 Å². The second-order valence-corrected chi connectivity index (χ2v) is 7.05. The Bertz CT molecular complexity index is 716. The van der Waals surface area contributed by atoms with E-state index in [9.17, 15) is 8.42 Å². The highest BCUT2D eigenvalue weighted by molar-refractivity contribution is 7.90. The van der Waals surface area contributed by atoms with Gasteiger partial charge in [-0.05, 0) is 29.8 Å². The molecule has 1 N–H and O–H groups in total. The van der Waals surface area contributed by atoms with Crippen molar-refractivity contribution in [1.82, 2.24) is 4.98 Å². The molecule has 4 nitrogen and oxygen atoms in total. The molecule has 0 aliphatic rings. The maximum atomic E-state index is 11.3. The van der Waals surface area contributed by atoms with Crippen LogP contribution in [0.15, 0.2) is 41.6 Å². The van der Waals surface area contributed by atoms with E-state index in [2.05, 4.69) is 10.3 Å². The van der Waals surface area contributed by atoms with Crippen LogP contribution < -0.4 is 5.32 Å².